The number of nitrogens with one attached hydrogen (secondary N) is 2. The lowest BCUT2D eigenvalue weighted by atomic mass is 10.0. The van der Waals surface area contributed by atoms with E-state index < -0.39 is 0 Å². The Morgan fingerprint density at radius 2 is 1.90 bits per heavy atom. The van der Waals surface area contributed by atoms with Gasteiger partial charge in [-0.15, -0.1) is 11.3 Å². The molecule has 2 amide bonds. The first kappa shape index (κ1) is 20.2. The fourth-order valence-electron chi connectivity index (χ4n) is 3.73. The molecule has 2 aromatic heterocycles. The maximum Gasteiger partial charge on any atom is 0.253 e. The second-order valence-corrected chi connectivity index (χ2v) is 8.40. The third-order valence-electron chi connectivity index (χ3n) is 5.27. The summed E-state index contributed by atoms with van der Waals surface area (Å²) in [4.78, 5) is 28.3. The van der Waals surface area contributed by atoms with Crippen LogP contribution in [-0.4, -0.2) is 30.9 Å². The zero-order valence-corrected chi connectivity index (χ0v) is 17.5. The van der Waals surface area contributed by atoms with Crippen LogP contribution in [0.25, 0.3) is 0 Å². The lowest BCUT2D eigenvalue weighted by Gasteiger charge is -2.34. The third-order valence-corrected chi connectivity index (χ3v) is 6.14. The van der Waals surface area contributed by atoms with Crippen molar-refractivity contribution in [3.63, 3.8) is 0 Å². The Labute approximate surface area is 179 Å². The van der Waals surface area contributed by atoms with E-state index in [0.29, 0.717) is 18.5 Å². The topological polar surface area (TPSA) is 74.6 Å². The van der Waals surface area contributed by atoms with Crippen molar-refractivity contribution in [2.75, 3.05) is 18.0 Å². The Balaban J connectivity index is 1.32. The normalized spacial score (nSPS) is 14.5. The summed E-state index contributed by atoms with van der Waals surface area (Å²) in [5, 5.41) is 8.06. The van der Waals surface area contributed by atoms with Gasteiger partial charge in [0.15, 0.2) is 0 Å². The van der Waals surface area contributed by atoms with Gasteiger partial charge >= 0.3 is 0 Å². The Morgan fingerprint density at radius 3 is 2.63 bits per heavy atom. The summed E-state index contributed by atoms with van der Waals surface area (Å²) in [5.74, 6) is 0.682. The molecule has 6 nitrogen and oxygen atoms in total. The Hall–Kier alpha value is -3.06. The van der Waals surface area contributed by atoms with E-state index in [0.717, 1.165) is 42.3 Å². The van der Waals surface area contributed by atoms with Crippen LogP contribution in [0.1, 0.15) is 33.8 Å². The van der Waals surface area contributed by atoms with Crippen LogP contribution < -0.4 is 15.5 Å². The van der Waals surface area contributed by atoms with Crippen molar-refractivity contribution in [1.82, 2.24) is 10.6 Å². The molecule has 1 saturated heterocycles. The molecule has 30 heavy (non-hydrogen) atoms. The van der Waals surface area contributed by atoms with Crippen LogP contribution in [0.4, 0.5) is 5.69 Å². The fraction of sp³-hybridized carbons (Fsp3) is 0.304. The number of piperidine rings is 1. The van der Waals surface area contributed by atoms with E-state index in [1.165, 1.54) is 0 Å². The lowest BCUT2D eigenvalue weighted by molar-refractivity contribution is -0.121. The number of rotatable bonds is 7. The van der Waals surface area contributed by atoms with Crippen LogP contribution in [0.3, 0.4) is 0 Å². The van der Waals surface area contributed by atoms with Gasteiger partial charge in [0.25, 0.3) is 5.91 Å². The molecule has 0 aliphatic carbocycles. The molecule has 3 aromatic rings. The molecule has 0 saturated carbocycles. The second kappa shape index (κ2) is 9.63. The largest absolute Gasteiger partial charge is 0.467 e. The molecular formula is C23H25N3O3S. The summed E-state index contributed by atoms with van der Waals surface area (Å²) in [7, 11) is 0. The van der Waals surface area contributed by atoms with Crippen LogP contribution in [0, 0.1) is 0 Å². The summed E-state index contributed by atoms with van der Waals surface area (Å²) < 4.78 is 5.28. The van der Waals surface area contributed by atoms with Crippen LogP contribution in [0.2, 0.25) is 0 Å². The van der Waals surface area contributed by atoms with E-state index in [-0.39, 0.29) is 17.9 Å². The summed E-state index contributed by atoms with van der Waals surface area (Å²) in [6.07, 6.45) is 3.76. The van der Waals surface area contributed by atoms with Crippen LogP contribution in [0.15, 0.2) is 64.6 Å². The quantitative estimate of drug-likeness (QED) is 0.609. The molecule has 1 aromatic carbocycles. The maximum atomic E-state index is 12.7. The van der Waals surface area contributed by atoms with Crippen molar-refractivity contribution in [2.24, 2.45) is 0 Å². The highest BCUT2D eigenvalue weighted by Crippen LogP contribution is 2.24. The Morgan fingerprint density at radius 1 is 1.07 bits per heavy atom. The molecule has 7 heteroatoms. The Bertz CT molecular complexity index is 962. The van der Waals surface area contributed by atoms with Gasteiger partial charge < -0.3 is 20.0 Å². The SMILES string of the molecule is O=C(Cc1cccs1)NC1CCN(c2ccccc2C(=O)NCc2ccco2)CC1. The number of carbonyl (C=O) groups is 2. The first-order valence-electron chi connectivity index (χ1n) is 10.2. The Kier molecular flexibility index (Phi) is 6.49. The predicted molar refractivity (Wildman–Crippen MR) is 118 cm³/mol. The predicted octanol–water partition coefficient (Wildman–Crippen LogP) is 3.60. The van der Waals surface area contributed by atoms with E-state index in [1.54, 1.807) is 23.7 Å². The van der Waals surface area contributed by atoms with E-state index in [2.05, 4.69) is 15.5 Å². The number of para-hydroxylation sites is 1. The fourth-order valence-corrected chi connectivity index (χ4v) is 4.44. The molecule has 0 bridgehead atoms. The van der Waals surface area contributed by atoms with Crippen molar-refractivity contribution in [3.05, 3.63) is 76.4 Å². The lowest BCUT2D eigenvalue weighted by Crippen LogP contribution is -2.45. The van der Waals surface area contributed by atoms with E-state index in [9.17, 15) is 9.59 Å². The van der Waals surface area contributed by atoms with Gasteiger partial charge in [-0.05, 0) is 48.6 Å². The molecule has 4 rings (SSSR count). The number of thiophene rings is 1. The molecule has 0 spiro atoms. The van der Waals surface area contributed by atoms with Crippen molar-refractivity contribution in [1.29, 1.82) is 0 Å². The van der Waals surface area contributed by atoms with Crippen molar-refractivity contribution >= 4 is 28.8 Å². The zero-order chi connectivity index (χ0) is 20.8. The number of hydrogen-bond acceptors (Lipinski definition) is 5. The molecule has 0 atom stereocenters. The number of furan rings is 1. The van der Waals surface area contributed by atoms with Gasteiger partial charge in [0.05, 0.1) is 24.8 Å². The summed E-state index contributed by atoms with van der Waals surface area (Å²) in [6.45, 7) is 1.96. The van der Waals surface area contributed by atoms with Gasteiger partial charge in [-0.2, -0.15) is 0 Å². The van der Waals surface area contributed by atoms with Crippen molar-refractivity contribution in [3.8, 4) is 0 Å². The molecule has 2 N–H and O–H groups in total. The number of amides is 2. The standard InChI is InChI=1S/C23H25N3O3S/c27-22(15-19-6-4-14-30-19)25-17-9-11-26(12-10-17)21-8-2-1-7-20(21)23(28)24-16-18-5-3-13-29-18/h1-8,13-14,17H,9-12,15-16H2,(H,24,28)(H,25,27). The molecule has 0 radical (unpaired) electrons. The summed E-state index contributed by atoms with van der Waals surface area (Å²) >= 11 is 1.61. The van der Waals surface area contributed by atoms with Crippen LogP contribution in [0.5, 0.6) is 0 Å². The van der Waals surface area contributed by atoms with Crippen LogP contribution in [-0.2, 0) is 17.8 Å². The number of benzene rings is 1. The minimum atomic E-state index is -0.117. The highest BCUT2D eigenvalue weighted by Gasteiger charge is 2.24. The molecule has 1 aliphatic heterocycles. The zero-order valence-electron chi connectivity index (χ0n) is 16.7. The molecule has 1 fully saturated rings. The maximum absolute atomic E-state index is 12.7. The van der Waals surface area contributed by atoms with Crippen LogP contribution >= 0.6 is 11.3 Å². The van der Waals surface area contributed by atoms with E-state index >= 15 is 0 Å². The number of carbonyl (C=O) groups excluding carboxylic acids is 2. The monoisotopic (exact) mass is 423 g/mol. The van der Waals surface area contributed by atoms with Gasteiger partial charge in [-0.1, -0.05) is 18.2 Å². The van der Waals surface area contributed by atoms with Crippen molar-refractivity contribution in [2.45, 2.75) is 31.8 Å². The van der Waals surface area contributed by atoms with Gasteiger partial charge in [0, 0.05) is 29.7 Å². The molecule has 0 unspecified atom stereocenters. The number of nitrogens with zero attached hydrogens (tertiary/aromatic N) is 1. The minimum Gasteiger partial charge on any atom is -0.467 e. The second-order valence-electron chi connectivity index (χ2n) is 7.36. The van der Waals surface area contributed by atoms with E-state index in [4.69, 9.17) is 4.42 Å². The number of anilines is 1. The average molecular weight is 424 g/mol. The first-order valence-corrected chi connectivity index (χ1v) is 11.0. The molecule has 3 heterocycles. The highest BCUT2D eigenvalue weighted by atomic mass is 32.1. The smallest absolute Gasteiger partial charge is 0.253 e. The number of hydrogen-bond donors (Lipinski definition) is 2. The first-order chi connectivity index (χ1) is 14.7. The van der Waals surface area contributed by atoms with Gasteiger partial charge in [0.1, 0.15) is 5.76 Å². The molecular weight excluding hydrogens is 398 g/mol. The van der Waals surface area contributed by atoms with Crippen molar-refractivity contribution < 1.29 is 14.0 Å². The van der Waals surface area contributed by atoms with Gasteiger partial charge in [-0.25, -0.2) is 0 Å². The molecule has 156 valence electrons. The third kappa shape index (κ3) is 5.10. The average Bonchev–Trinajstić information content (AvgIpc) is 3.47. The summed E-state index contributed by atoms with van der Waals surface area (Å²) in [6, 6.07) is 15.4. The highest BCUT2D eigenvalue weighted by molar-refractivity contribution is 7.10. The minimum absolute atomic E-state index is 0.0774. The summed E-state index contributed by atoms with van der Waals surface area (Å²) in [5.41, 5.74) is 1.59. The molecule has 1 aliphatic rings. The van der Waals surface area contributed by atoms with E-state index in [1.807, 2.05) is 47.8 Å². The van der Waals surface area contributed by atoms with Gasteiger partial charge in [0.2, 0.25) is 5.91 Å². The van der Waals surface area contributed by atoms with Gasteiger partial charge in [-0.3, -0.25) is 9.59 Å².